The van der Waals surface area contributed by atoms with Crippen LogP contribution in [0.4, 0.5) is 5.69 Å². The van der Waals surface area contributed by atoms with Gasteiger partial charge in [-0.2, -0.15) is 0 Å². The second-order valence-electron chi connectivity index (χ2n) is 8.69. The van der Waals surface area contributed by atoms with Gasteiger partial charge >= 0.3 is 0 Å². The Morgan fingerprint density at radius 3 is 2.60 bits per heavy atom. The number of amides is 2. The number of rotatable bonds is 4. The smallest absolute Gasteiger partial charge is 0.260 e. The van der Waals surface area contributed by atoms with Crippen molar-refractivity contribution in [3.63, 3.8) is 0 Å². The average molecular weight is 478 g/mol. The maximum atomic E-state index is 14.0. The first-order valence-electron chi connectivity index (χ1n) is 11.7. The van der Waals surface area contributed by atoms with Gasteiger partial charge in [-0.15, -0.1) is 0 Å². The van der Waals surface area contributed by atoms with Crippen LogP contribution in [0.15, 0.2) is 53.3 Å². The van der Waals surface area contributed by atoms with E-state index in [2.05, 4.69) is 15.0 Å². The number of anilines is 1. The third-order valence-corrected chi connectivity index (χ3v) is 6.20. The standard InChI is InChI=1S/C26H31N5O4/c1-19-24(25(28-35-19)20-9-11-27-12-10-20)26(33)30-16-15-29(2)13-6-14-31(23(32)18-34-3)22-8-5-4-7-21(22)17-30/h4-5,7-12H,6,13-18H2,1-3H3. The summed E-state index contributed by atoms with van der Waals surface area (Å²) < 4.78 is 10.6. The summed E-state index contributed by atoms with van der Waals surface area (Å²) in [5.74, 6) is 0.206. The number of pyridine rings is 1. The monoisotopic (exact) mass is 477 g/mol. The Morgan fingerprint density at radius 1 is 1.06 bits per heavy atom. The molecule has 3 heterocycles. The van der Waals surface area contributed by atoms with E-state index in [0.29, 0.717) is 43.2 Å². The van der Waals surface area contributed by atoms with Crippen molar-refractivity contribution < 1.29 is 18.8 Å². The highest BCUT2D eigenvalue weighted by molar-refractivity contribution is 6.01. The Labute approximate surface area is 205 Å². The van der Waals surface area contributed by atoms with E-state index in [0.717, 1.165) is 29.8 Å². The third kappa shape index (κ3) is 5.58. The Hall–Kier alpha value is -3.56. The van der Waals surface area contributed by atoms with Gasteiger partial charge in [-0.05, 0) is 50.7 Å². The minimum Gasteiger partial charge on any atom is -0.375 e. The summed E-state index contributed by atoms with van der Waals surface area (Å²) in [6, 6.07) is 11.4. The fraction of sp³-hybridized carbons (Fsp3) is 0.385. The molecule has 1 aliphatic rings. The first kappa shape index (κ1) is 24.6. The molecule has 0 atom stereocenters. The molecule has 0 spiro atoms. The molecule has 0 saturated heterocycles. The average Bonchev–Trinajstić information content (AvgIpc) is 3.24. The van der Waals surface area contributed by atoms with E-state index in [1.54, 1.807) is 24.2 Å². The number of fused-ring (bicyclic) bond motifs is 1. The second-order valence-corrected chi connectivity index (χ2v) is 8.69. The quantitative estimate of drug-likeness (QED) is 0.570. The van der Waals surface area contributed by atoms with Gasteiger partial charge in [0.2, 0.25) is 0 Å². The molecule has 3 aromatic rings. The number of likely N-dealkylation sites (N-methyl/N-ethyl adjacent to an activating group) is 1. The summed E-state index contributed by atoms with van der Waals surface area (Å²) in [6.07, 6.45) is 4.14. The van der Waals surface area contributed by atoms with Crippen LogP contribution in [0.3, 0.4) is 0 Å². The van der Waals surface area contributed by atoms with Gasteiger partial charge in [0.15, 0.2) is 0 Å². The van der Waals surface area contributed by atoms with Crippen molar-refractivity contribution in [2.45, 2.75) is 19.9 Å². The lowest BCUT2D eigenvalue weighted by atomic mass is 10.1. The summed E-state index contributed by atoms with van der Waals surface area (Å²) in [7, 11) is 3.55. The predicted octanol–water partition coefficient (Wildman–Crippen LogP) is 3.00. The molecule has 0 unspecified atom stereocenters. The number of carbonyl (C=O) groups is 2. The lowest BCUT2D eigenvalue weighted by molar-refractivity contribution is -0.122. The number of benzene rings is 1. The van der Waals surface area contributed by atoms with Gasteiger partial charge in [0.25, 0.3) is 11.8 Å². The molecule has 35 heavy (non-hydrogen) atoms. The number of methoxy groups -OCH3 is 1. The van der Waals surface area contributed by atoms with Gasteiger partial charge in [0, 0.05) is 56.9 Å². The van der Waals surface area contributed by atoms with Crippen LogP contribution < -0.4 is 4.90 Å². The van der Waals surface area contributed by atoms with Crippen LogP contribution in [0.1, 0.15) is 28.1 Å². The summed E-state index contributed by atoms with van der Waals surface area (Å²) in [6.45, 7) is 4.71. The second kappa shape index (κ2) is 11.2. The van der Waals surface area contributed by atoms with Gasteiger partial charge in [0.05, 0.1) is 0 Å². The zero-order valence-corrected chi connectivity index (χ0v) is 20.4. The Bertz CT molecular complexity index is 1160. The normalized spacial score (nSPS) is 15.4. The van der Waals surface area contributed by atoms with Crippen LogP contribution >= 0.6 is 0 Å². The van der Waals surface area contributed by atoms with Crippen LogP contribution in [0, 0.1) is 6.92 Å². The summed E-state index contributed by atoms with van der Waals surface area (Å²) >= 11 is 0. The van der Waals surface area contributed by atoms with E-state index >= 15 is 0 Å². The zero-order valence-electron chi connectivity index (χ0n) is 20.4. The largest absolute Gasteiger partial charge is 0.375 e. The number of carbonyl (C=O) groups excluding carboxylic acids is 2. The summed E-state index contributed by atoms with van der Waals surface area (Å²) in [5.41, 5.74) is 3.41. The van der Waals surface area contributed by atoms with Gasteiger partial charge in [-0.1, -0.05) is 23.4 Å². The van der Waals surface area contributed by atoms with Crippen molar-refractivity contribution in [1.29, 1.82) is 0 Å². The fourth-order valence-electron chi connectivity index (χ4n) is 4.34. The van der Waals surface area contributed by atoms with Crippen LogP contribution in [-0.4, -0.2) is 78.7 Å². The Morgan fingerprint density at radius 2 is 1.83 bits per heavy atom. The maximum absolute atomic E-state index is 14.0. The molecular weight excluding hydrogens is 446 g/mol. The van der Waals surface area contributed by atoms with Crippen molar-refractivity contribution in [2.75, 3.05) is 51.8 Å². The molecule has 0 fully saturated rings. The minimum absolute atomic E-state index is 0.00198. The van der Waals surface area contributed by atoms with Gasteiger partial charge in [-0.25, -0.2) is 0 Å². The molecule has 4 rings (SSSR count). The molecule has 2 amide bonds. The fourth-order valence-corrected chi connectivity index (χ4v) is 4.34. The van der Waals surface area contributed by atoms with Crippen molar-refractivity contribution >= 4 is 17.5 Å². The van der Waals surface area contributed by atoms with E-state index in [9.17, 15) is 9.59 Å². The van der Waals surface area contributed by atoms with E-state index in [-0.39, 0.29) is 18.4 Å². The molecule has 2 aromatic heterocycles. The van der Waals surface area contributed by atoms with Crippen LogP contribution in [0.5, 0.6) is 0 Å². The highest BCUT2D eigenvalue weighted by atomic mass is 16.5. The van der Waals surface area contributed by atoms with E-state index in [1.165, 1.54) is 7.11 Å². The lowest BCUT2D eigenvalue weighted by Crippen LogP contribution is -2.37. The molecule has 9 heteroatoms. The van der Waals surface area contributed by atoms with E-state index in [4.69, 9.17) is 9.26 Å². The zero-order chi connectivity index (χ0) is 24.8. The summed E-state index contributed by atoms with van der Waals surface area (Å²) in [4.78, 5) is 36.7. The number of para-hydroxylation sites is 1. The first-order valence-corrected chi connectivity index (χ1v) is 11.7. The molecule has 0 N–H and O–H groups in total. The number of hydrogen-bond donors (Lipinski definition) is 0. The van der Waals surface area contributed by atoms with Crippen LogP contribution in [-0.2, 0) is 16.1 Å². The van der Waals surface area contributed by atoms with Crippen molar-refractivity contribution in [1.82, 2.24) is 19.9 Å². The summed E-state index contributed by atoms with van der Waals surface area (Å²) in [5, 5.41) is 4.18. The van der Waals surface area contributed by atoms with E-state index < -0.39 is 0 Å². The topological polar surface area (TPSA) is 92.0 Å². The van der Waals surface area contributed by atoms with Gasteiger partial charge in [-0.3, -0.25) is 14.6 Å². The van der Waals surface area contributed by atoms with Crippen molar-refractivity contribution in [2.24, 2.45) is 0 Å². The maximum Gasteiger partial charge on any atom is 0.260 e. The Kier molecular flexibility index (Phi) is 7.89. The van der Waals surface area contributed by atoms with Crippen molar-refractivity contribution in [3.8, 4) is 11.3 Å². The third-order valence-electron chi connectivity index (χ3n) is 6.20. The molecule has 1 aromatic carbocycles. The minimum atomic E-state index is -0.159. The van der Waals surface area contributed by atoms with Gasteiger partial charge < -0.3 is 24.0 Å². The number of ether oxygens (including phenoxy) is 1. The Balaban J connectivity index is 1.73. The first-order chi connectivity index (χ1) is 17.0. The number of nitrogens with zero attached hydrogens (tertiary/aromatic N) is 5. The molecule has 0 saturated carbocycles. The molecule has 0 radical (unpaired) electrons. The van der Waals surface area contributed by atoms with Crippen LogP contribution in [0.25, 0.3) is 11.3 Å². The lowest BCUT2D eigenvalue weighted by Gasteiger charge is -2.28. The SMILES string of the molecule is COCC(=O)N1CCCN(C)CCN(C(=O)c2c(-c3ccncc3)noc2C)Cc2ccccc21. The van der Waals surface area contributed by atoms with Gasteiger partial charge in [0.1, 0.15) is 23.6 Å². The van der Waals surface area contributed by atoms with Crippen molar-refractivity contribution in [3.05, 3.63) is 65.7 Å². The van der Waals surface area contributed by atoms with E-state index in [1.807, 2.05) is 48.3 Å². The molecule has 9 nitrogen and oxygen atoms in total. The molecule has 0 bridgehead atoms. The number of aromatic nitrogens is 2. The number of hydrogen-bond acceptors (Lipinski definition) is 7. The highest BCUT2D eigenvalue weighted by Gasteiger charge is 2.28. The highest BCUT2D eigenvalue weighted by Crippen LogP contribution is 2.28. The molecule has 184 valence electrons. The molecular formula is C26H31N5O4. The predicted molar refractivity (Wildman–Crippen MR) is 132 cm³/mol. The number of aryl methyl sites for hydroxylation is 1. The molecule has 0 aliphatic carbocycles. The van der Waals surface area contributed by atoms with Crippen LogP contribution in [0.2, 0.25) is 0 Å². The molecule has 1 aliphatic heterocycles.